The third-order valence-corrected chi connectivity index (χ3v) is 4.38. The minimum atomic E-state index is -3.77. The van der Waals surface area contributed by atoms with Gasteiger partial charge in [-0.3, -0.25) is 0 Å². The smallest absolute Gasteiger partial charge is 0.348 e. The fourth-order valence-electron chi connectivity index (χ4n) is 2.38. The molecule has 1 fully saturated rings. The molecule has 1 aromatic rings. The van der Waals surface area contributed by atoms with Crippen LogP contribution in [0.5, 0.6) is 5.75 Å². The van der Waals surface area contributed by atoms with Gasteiger partial charge in [0, 0.05) is 12.8 Å². The van der Waals surface area contributed by atoms with Gasteiger partial charge in [0.15, 0.2) is 6.10 Å². The molecule has 7 nitrogen and oxygen atoms in total. The summed E-state index contributed by atoms with van der Waals surface area (Å²) in [6.07, 6.45) is -0.0346. The Labute approximate surface area is 122 Å². The summed E-state index contributed by atoms with van der Waals surface area (Å²) in [4.78, 5) is 12.0. The fraction of sp³-hybridized carbons (Fsp3) is 0.462. The number of fused-ring (bicyclic) bond motifs is 1. The summed E-state index contributed by atoms with van der Waals surface area (Å²) in [5, 5.41) is 5.08. The molecule has 2 aliphatic heterocycles. The molecule has 0 bridgehead atoms. The van der Waals surface area contributed by atoms with Crippen molar-refractivity contribution in [2.45, 2.75) is 29.9 Å². The molecule has 1 saturated heterocycles. The van der Waals surface area contributed by atoms with Crippen LogP contribution in [0.1, 0.15) is 12.0 Å². The number of rotatable bonds is 3. The lowest BCUT2D eigenvalue weighted by atomic mass is 10.1. The molecule has 2 aliphatic rings. The van der Waals surface area contributed by atoms with E-state index in [4.69, 9.17) is 19.3 Å². The lowest BCUT2D eigenvalue weighted by Gasteiger charge is -2.14. The SMILES string of the molecule is NS(=O)(=O)c1ccc2c(c1)CC(C(=O)OC1CCOC1)O2. The van der Waals surface area contributed by atoms with Gasteiger partial charge >= 0.3 is 5.97 Å². The first kappa shape index (κ1) is 14.3. The number of ether oxygens (including phenoxy) is 3. The van der Waals surface area contributed by atoms with Crippen LogP contribution in [0.2, 0.25) is 0 Å². The van der Waals surface area contributed by atoms with Crippen LogP contribution >= 0.6 is 0 Å². The second kappa shape index (κ2) is 5.28. The Bertz CT molecular complexity index is 665. The van der Waals surface area contributed by atoms with E-state index < -0.39 is 22.1 Å². The number of benzene rings is 1. The Morgan fingerprint density at radius 1 is 1.38 bits per heavy atom. The lowest BCUT2D eigenvalue weighted by Crippen LogP contribution is -2.31. The Hall–Kier alpha value is -1.64. The standard InChI is InChI=1S/C13H15NO6S/c14-21(16,17)10-1-2-11-8(5-10)6-12(20-11)13(15)19-9-3-4-18-7-9/h1-2,5,9,12H,3-4,6-7H2,(H2,14,16,17). The second-order valence-corrected chi connectivity index (χ2v) is 6.61. The molecule has 114 valence electrons. The first-order chi connectivity index (χ1) is 9.93. The Kier molecular flexibility index (Phi) is 3.60. The summed E-state index contributed by atoms with van der Waals surface area (Å²) < 4.78 is 38.5. The van der Waals surface area contributed by atoms with E-state index in [1.165, 1.54) is 18.2 Å². The average molecular weight is 313 g/mol. The quantitative estimate of drug-likeness (QED) is 0.786. The van der Waals surface area contributed by atoms with Crippen molar-refractivity contribution in [2.24, 2.45) is 5.14 Å². The number of hydrogen-bond donors (Lipinski definition) is 1. The van der Waals surface area contributed by atoms with Crippen molar-refractivity contribution in [3.05, 3.63) is 23.8 Å². The topological polar surface area (TPSA) is 105 Å². The molecule has 1 aromatic carbocycles. The van der Waals surface area contributed by atoms with E-state index in [-0.39, 0.29) is 17.4 Å². The van der Waals surface area contributed by atoms with E-state index in [0.29, 0.717) is 30.9 Å². The van der Waals surface area contributed by atoms with E-state index in [1.54, 1.807) is 0 Å². The van der Waals surface area contributed by atoms with Gasteiger partial charge in [0.1, 0.15) is 11.9 Å². The van der Waals surface area contributed by atoms with E-state index in [2.05, 4.69) is 0 Å². The van der Waals surface area contributed by atoms with E-state index >= 15 is 0 Å². The summed E-state index contributed by atoms with van der Waals surface area (Å²) >= 11 is 0. The predicted molar refractivity (Wildman–Crippen MR) is 71.3 cm³/mol. The third kappa shape index (κ3) is 3.02. The molecular weight excluding hydrogens is 298 g/mol. The van der Waals surface area contributed by atoms with Crippen molar-refractivity contribution in [3.8, 4) is 5.75 Å². The maximum Gasteiger partial charge on any atom is 0.348 e. The van der Waals surface area contributed by atoms with Crippen LogP contribution in [0.3, 0.4) is 0 Å². The molecule has 21 heavy (non-hydrogen) atoms. The highest BCUT2D eigenvalue weighted by atomic mass is 32.2. The number of hydrogen-bond acceptors (Lipinski definition) is 6. The van der Waals surface area contributed by atoms with Crippen LogP contribution in [0.4, 0.5) is 0 Å². The zero-order valence-corrected chi connectivity index (χ0v) is 12.0. The van der Waals surface area contributed by atoms with E-state index in [1.807, 2.05) is 0 Å². The van der Waals surface area contributed by atoms with Gasteiger partial charge in [0.2, 0.25) is 10.0 Å². The van der Waals surface area contributed by atoms with E-state index in [0.717, 1.165) is 0 Å². The Morgan fingerprint density at radius 2 is 2.19 bits per heavy atom. The monoisotopic (exact) mass is 313 g/mol. The number of carbonyl (C=O) groups is 1. The average Bonchev–Trinajstić information content (AvgIpc) is 3.04. The first-order valence-corrected chi connectivity index (χ1v) is 8.09. The van der Waals surface area contributed by atoms with Crippen molar-refractivity contribution in [2.75, 3.05) is 13.2 Å². The van der Waals surface area contributed by atoms with Gasteiger partial charge in [-0.25, -0.2) is 18.4 Å². The molecule has 2 unspecified atom stereocenters. The molecule has 0 spiro atoms. The largest absolute Gasteiger partial charge is 0.478 e. The number of nitrogens with two attached hydrogens (primary N) is 1. The molecule has 3 rings (SSSR count). The maximum absolute atomic E-state index is 12.0. The van der Waals surface area contributed by atoms with Crippen molar-refractivity contribution < 1.29 is 27.4 Å². The normalized spacial score (nSPS) is 24.4. The zero-order chi connectivity index (χ0) is 15.0. The molecule has 0 aliphatic carbocycles. The molecule has 0 aromatic heterocycles. The first-order valence-electron chi connectivity index (χ1n) is 6.54. The molecule has 0 amide bonds. The summed E-state index contributed by atoms with van der Waals surface area (Å²) in [5.74, 6) is 0.0193. The number of esters is 1. The van der Waals surface area contributed by atoms with Crippen molar-refractivity contribution >= 4 is 16.0 Å². The van der Waals surface area contributed by atoms with E-state index in [9.17, 15) is 13.2 Å². The molecule has 2 N–H and O–H groups in total. The molecular formula is C13H15NO6S. The van der Waals surface area contributed by atoms with Crippen LogP contribution in [0.25, 0.3) is 0 Å². The van der Waals surface area contributed by atoms with Crippen LogP contribution in [-0.4, -0.2) is 39.8 Å². The highest BCUT2D eigenvalue weighted by Gasteiger charge is 2.33. The van der Waals surface area contributed by atoms with Gasteiger partial charge in [0.05, 0.1) is 18.1 Å². The van der Waals surface area contributed by atoms with Crippen LogP contribution < -0.4 is 9.88 Å². The highest BCUT2D eigenvalue weighted by Crippen LogP contribution is 2.31. The highest BCUT2D eigenvalue weighted by molar-refractivity contribution is 7.89. The van der Waals surface area contributed by atoms with Gasteiger partial charge in [-0.1, -0.05) is 0 Å². The van der Waals surface area contributed by atoms with Crippen molar-refractivity contribution in [1.82, 2.24) is 0 Å². The number of sulfonamides is 1. The molecule has 2 heterocycles. The summed E-state index contributed by atoms with van der Waals surface area (Å²) in [5.41, 5.74) is 0.631. The van der Waals surface area contributed by atoms with Gasteiger partial charge < -0.3 is 14.2 Å². The molecule has 2 atom stereocenters. The second-order valence-electron chi connectivity index (χ2n) is 5.05. The lowest BCUT2D eigenvalue weighted by molar-refractivity contribution is -0.156. The van der Waals surface area contributed by atoms with Crippen molar-refractivity contribution in [1.29, 1.82) is 0 Å². The number of primary sulfonamides is 1. The Morgan fingerprint density at radius 3 is 2.86 bits per heavy atom. The predicted octanol–water partition coefficient (Wildman–Crippen LogP) is -0.0304. The van der Waals surface area contributed by atoms with Crippen molar-refractivity contribution in [3.63, 3.8) is 0 Å². The van der Waals surface area contributed by atoms with Gasteiger partial charge in [-0.15, -0.1) is 0 Å². The molecule has 0 saturated carbocycles. The number of carbonyl (C=O) groups excluding carboxylic acids is 1. The summed E-state index contributed by atoms with van der Waals surface area (Å²) in [6.45, 7) is 0.988. The minimum absolute atomic E-state index is 0.00283. The summed E-state index contributed by atoms with van der Waals surface area (Å²) in [7, 11) is -3.77. The summed E-state index contributed by atoms with van der Waals surface area (Å²) in [6, 6.07) is 4.28. The minimum Gasteiger partial charge on any atom is -0.478 e. The van der Waals surface area contributed by atoms with Gasteiger partial charge in [-0.05, 0) is 23.8 Å². The van der Waals surface area contributed by atoms with Gasteiger partial charge in [-0.2, -0.15) is 0 Å². The van der Waals surface area contributed by atoms with Crippen LogP contribution in [-0.2, 0) is 30.7 Å². The fourth-order valence-corrected chi connectivity index (χ4v) is 2.94. The maximum atomic E-state index is 12.0. The van der Waals surface area contributed by atoms with Gasteiger partial charge in [0.25, 0.3) is 0 Å². The zero-order valence-electron chi connectivity index (χ0n) is 11.2. The van der Waals surface area contributed by atoms with Crippen LogP contribution in [0.15, 0.2) is 23.1 Å². The third-order valence-electron chi connectivity index (χ3n) is 3.47. The molecule has 8 heteroatoms. The van der Waals surface area contributed by atoms with Crippen LogP contribution in [0, 0.1) is 0 Å². The Balaban J connectivity index is 1.70. The molecule has 0 radical (unpaired) electrons.